The van der Waals surface area contributed by atoms with Crippen LogP contribution >= 0.6 is 11.6 Å². The van der Waals surface area contributed by atoms with E-state index in [1.165, 1.54) is 29.2 Å². The maximum absolute atomic E-state index is 13.2. The van der Waals surface area contributed by atoms with Crippen LogP contribution in [0.25, 0.3) is 0 Å². The monoisotopic (exact) mass is 333 g/mol. The van der Waals surface area contributed by atoms with Gasteiger partial charge in [0.1, 0.15) is 12.4 Å². The normalized spacial score (nSPS) is 10.7. The lowest BCUT2D eigenvalue weighted by Crippen LogP contribution is -2.18. The Hall–Kier alpha value is -2.67. The summed E-state index contributed by atoms with van der Waals surface area (Å²) in [7, 11) is 0. The Morgan fingerprint density at radius 1 is 1.22 bits per heavy atom. The van der Waals surface area contributed by atoms with Crippen molar-refractivity contribution in [3.8, 4) is 0 Å². The molecular formula is C15H13ClFN5O. The van der Waals surface area contributed by atoms with Crippen LogP contribution < -0.4 is 5.32 Å². The van der Waals surface area contributed by atoms with Crippen LogP contribution in [0.1, 0.15) is 5.56 Å². The molecule has 0 aliphatic rings. The summed E-state index contributed by atoms with van der Waals surface area (Å²) in [4.78, 5) is 11.9. The highest BCUT2D eigenvalue weighted by atomic mass is 35.5. The fourth-order valence-corrected chi connectivity index (χ4v) is 2.27. The number of anilines is 1. The standard InChI is InChI=1S/C15H13ClFN5O/c16-12-5-18-22(8-12)10-15(23)20-14-6-19-21(9-14)7-11-2-1-3-13(17)4-11/h1-6,8-9H,7,10H2,(H,20,23). The molecule has 0 spiro atoms. The van der Waals surface area contributed by atoms with Gasteiger partial charge in [0.25, 0.3) is 0 Å². The van der Waals surface area contributed by atoms with Crippen molar-refractivity contribution in [1.29, 1.82) is 0 Å². The number of nitrogens with zero attached hydrogens (tertiary/aromatic N) is 4. The summed E-state index contributed by atoms with van der Waals surface area (Å²) < 4.78 is 16.2. The predicted octanol–water partition coefficient (Wildman–Crippen LogP) is 2.56. The van der Waals surface area contributed by atoms with Gasteiger partial charge in [-0.3, -0.25) is 14.2 Å². The van der Waals surface area contributed by atoms with Crippen LogP contribution in [0, 0.1) is 5.82 Å². The van der Waals surface area contributed by atoms with Crippen LogP contribution in [0.3, 0.4) is 0 Å². The topological polar surface area (TPSA) is 64.7 Å². The van der Waals surface area contributed by atoms with Crippen molar-refractivity contribution in [3.05, 3.63) is 65.5 Å². The number of carbonyl (C=O) groups is 1. The molecule has 2 heterocycles. The Bertz CT molecular complexity index is 829. The van der Waals surface area contributed by atoms with Gasteiger partial charge < -0.3 is 5.32 Å². The van der Waals surface area contributed by atoms with E-state index in [1.807, 2.05) is 6.07 Å². The number of aromatic nitrogens is 4. The Kier molecular flexibility index (Phi) is 4.38. The van der Waals surface area contributed by atoms with Gasteiger partial charge in [-0.25, -0.2) is 4.39 Å². The lowest BCUT2D eigenvalue weighted by atomic mass is 10.2. The Balaban J connectivity index is 1.59. The van der Waals surface area contributed by atoms with Crippen molar-refractivity contribution in [3.63, 3.8) is 0 Å². The first kappa shape index (κ1) is 15.2. The van der Waals surface area contributed by atoms with Crippen LogP contribution in [-0.4, -0.2) is 25.5 Å². The van der Waals surface area contributed by atoms with Gasteiger partial charge in [0, 0.05) is 12.4 Å². The second-order valence-electron chi connectivity index (χ2n) is 4.96. The molecule has 1 aromatic carbocycles. The second kappa shape index (κ2) is 6.62. The van der Waals surface area contributed by atoms with Crippen molar-refractivity contribution in [2.75, 3.05) is 5.32 Å². The van der Waals surface area contributed by atoms with E-state index in [9.17, 15) is 9.18 Å². The van der Waals surface area contributed by atoms with E-state index >= 15 is 0 Å². The molecule has 0 fully saturated rings. The molecule has 118 valence electrons. The summed E-state index contributed by atoms with van der Waals surface area (Å²) >= 11 is 5.74. The second-order valence-corrected chi connectivity index (χ2v) is 5.40. The van der Waals surface area contributed by atoms with Gasteiger partial charge in [-0.2, -0.15) is 10.2 Å². The maximum Gasteiger partial charge on any atom is 0.246 e. The Morgan fingerprint density at radius 3 is 2.78 bits per heavy atom. The van der Waals surface area contributed by atoms with Crippen molar-refractivity contribution in [1.82, 2.24) is 19.6 Å². The van der Waals surface area contributed by atoms with Crippen LogP contribution in [0.4, 0.5) is 10.1 Å². The predicted molar refractivity (Wildman–Crippen MR) is 83.6 cm³/mol. The fraction of sp³-hybridized carbons (Fsp3) is 0.133. The molecule has 0 saturated heterocycles. The number of amides is 1. The zero-order chi connectivity index (χ0) is 16.2. The van der Waals surface area contributed by atoms with Gasteiger partial charge in [0.15, 0.2) is 0 Å². The summed E-state index contributed by atoms with van der Waals surface area (Å²) in [6, 6.07) is 6.29. The van der Waals surface area contributed by atoms with Gasteiger partial charge in [-0.05, 0) is 17.7 Å². The van der Waals surface area contributed by atoms with E-state index in [0.29, 0.717) is 17.3 Å². The van der Waals surface area contributed by atoms with Crippen LogP contribution in [0.15, 0.2) is 49.1 Å². The molecule has 0 aliphatic carbocycles. The molecule has 0 aliphatic heterocycles. The highest BCUT2D eigenvalue weighted by Crippen LogP contribution is 2.10. The Labute approximate surface area is 136 Å². The largest absolute Gasteiger partial charge is 0.322 e. The maximum atomic E-state index is 13.2. The minimum Gasteiger partial charge on any atom is -0.322 e. The number of halogens is 2. The van der Waals surface area contributed by atoms with E-state index in [0.717, 1.165) is 5.56 Å². The molecule has 0 atom stereocenters. The number of carbonyl (C=O) groups excluding carboxylic acids is 1. The molecule has 23 heavy (non-hydrogen) atoms. The molecule has 3 rings (SSSR count). The van der Waals surface area contributed by atoms with E-state index in [2.05, 4.69) is 15.5 Å². The summed E-state index contributed by atoms with van der Waals surface area (Å²) in [5, 5.41) is 11.3. The van der Waals surface area contributed by atoms with Crippen molar-refractivity contribution >= 4 is 23.2 Å². The third kappa shape index (κ3) is 4.17. The van der Waals surface area contributed by atoms with Crippen LogP contribution in [0.2, 0.25) is 5.02 Å². The SMILES string of the molecule is O=C(Cn1cc(Cl)cn1)Nc1cnn(Cc2cccc(F)c2)c1. The summed E-state index contributed by atoms with van der Waals surface area (Å²) in [6.07, 6.45) is 6.24. The zero-order valence-electron chi connectivity index (χ0n) is 12.0. The first-order chi connectivity index (χ1) is 11.1. The fourth-order valence-electron chi connectivity index (χ4n) is 2.11. The average molecular weight is 334 g/mol. The molecule has 1 amide bonds. The number of hydrogen-bond donors (Lipinski definition) is 1. The highest BCUT2D eigenvalue weighted by molar-refractivity contribution is 6.30. The molecular weight excluding hydrogens is 321 g/mol. The average Bonchev–Trinajstić information content (AvgIpc) is 3.08. The van der Waals surface area contributed by atoms with Crippen LogP contribution in [-0.2, 0) is 17.9 Å². The van der Waals surface area contributed by atoms with Gasteiger partial charge >= 0.3 is 0 Å². The quantitative estimate of drug-likeness (QED) is 0.780. The molecule has 0 unspecified atom stereocenters. The van der Waals surface area contributed by atoms with Crippen LogP contribution in [0.5, 0.6) is 0 Å². The minimum absolute atomic E-state index is 0.0573. The molecule has 0 bridgehead atoms. The molecule has 8 heteroatoms. The molecule has 1 N–H and O–H groups in total. The summed E-state index contributed by atoms with van der Waals surface area (Å²) in [5.74, 6) is -0.531. The van der Waals surface area contributed by atoms with Crippen molar-refractivity contribution < 1.29 is 9.18 Å². The van der Waals surface area contributed by atoms with Crippen molar-refractivity contribution in [2.45, 2.75) is 13.1 Å². The number of hydrogen-bond acceptors (Lipinski definition) is 3. The smallest absolute Gasteiger partial charge is 0.246 e. The van der Waals surface area contributed by atoms with E-state index in [4.69, 9.17) is 11.6 Å². The number of benzene rings is 1. The lowest BCUT2D eigenvalue weighted by molar-refractivity contribution is -0.116. The Morgan fingerprint density at radius 2 is 2.04 bits per heavy atom. The van der Waals surface area contributed by atoms with Gasteiger partial charge in [-0.15, -0.1) is 0 Å². The zero-order valence-corrected chi connectivity index (χ0v) is 12.7. The summed E-state index contributed by atoms with van der Waals surface area (Å²) in [6.45, 7) is 0.476. The van der Waals surface area contributed by atoms with Gasteiger partial charge in [-0.1, -0.05) is 23.7 Å². The van der Waals surface area contributed by atoms with Gasteiger partial charge in [0.05, 0.1) is 29.6 Å². The molecule has 0 radical (unpaired) electrons. The van der Waals surface area contributed by atoms with E-state index in [-0.39, 0.29) is 18.3 Å². The highest BCUT2D eigenvalue weighted by Gasteiger charge is 2.07. The first-order valence-electron chi connectivity index (χ1n) is 6.83. The van der Waals surface area contributed by atoms with Gasteiger partial charge in [0.2, 0.25) is 5.91 Å². The molecule has 0 saturated carbocycles. The summed E-state index contributed by atoms with van der Waals surface area (Å²) in [5.41, 5.74) is 1.35. The number of rotatable bonds is 5. The molecule has 6 nitrogen and oxygen atoms in total. The lowest BCUT2D eigenvalue weighted by Gasteiger charge is -2.03. The van der Waals surface area contributed by atoms with E-state index in [1.54, 1.807) is 23.1 Å². The number of nitrogens with one attached hydrogen (secondary N) is 1. The third-order valence-corrected chi connectivity index (χ3v) is 3.25. The van der Waals surface area contributed by atoms with Crippen molar-refractivity contribution in [2.24, 2.45) is 0 Å². The third-order valence-electron chi connectivity index (χ3n) is 3.06. The van der Waals surface area contributed by atoms with E-state index < -0.39 is 0 Å². The minimum atomic E-state index is -0.291. The first-order valence-corrected chi connectivity index (χ1v) is 7.21. The molecule has 3 aromatic rings. The molecule has 2 aromatic heterocycles.